The van der Waals surface area contributed by atoms with Crippen molar-refractivity contribution < 1.29 is 12.8 Å². The molecule has 0 bridgehead atoms. The number of hydrogen-bond donors (Lipinski definition) is 0. The van der Waals surface area contributed by atoms with Crippen LogP contribution in [0.5, 0.6) is 0 Å². The molecule has 0 spiro atoms. The van der Waals surface area contributed by atoms with E-state index in [-0.39, 0.29) is 5.82 Å². The third kappa shape index (κ3) is 4.14. The Hall–Kier alpha value is -1.76. The molecular weight excluding hydrogens is 351 g/mol. The molecule has 1 fully saturated rings. The van der Waals surface area contributed by atoms with Gasteiger partial charge < -0.3 is 0 Å². The average molecular weight is 376 g/mol. The molecule has 0 atom stereocenters. The van der Waals surface area contributed by atoms with Crippen LogP contribution in [0.1, 0.15) is 30.9 Å². The molecule has 140 valence electrons. The lowest BCUT2D eigenvalue weighted by Crippen LogP contribution is -2.48. The van der Waals surface area contributed by atoms with E-state index in [1.807, 2.05) is 18.2 Å². The quantitative estimate of drug-likeness (QED) is 0.802. The molecule has 6 heteroatoms. The second-order valence-electron chi connectivity index (χ2n) is 7.00. The topological polar surface area (TPSA) is 40.6 Å². The maximum Gasteiger partial charge on any atom is 0.243 e. The van der Waals surface area contributed by atoms with E-state index in [1.54, 1.807) is 24.3 Å². The summed E-state index contributed by atoms with van der Waals surface area (Å²) in [6, 6.07) is 13.9. The van der Waals surface area contributed by atoms with Crippen molar-refractivity contribution in [2.75, 3.05) is 26.2 Å². The van der Waals surface area contributed by atoms with E-state index in [0.717, 1.165) is 5.56 Å². The van der Waals surface area contributed by atoms with Gasteiger partial charge in [0.2, 0.25) is 10.0 Å². The Morgan fingerprint density at radius 3 is 2.15 bits per heavy atom. The van der Waals surface area contributed by atoms with E-state index >= 15 is 0 Å². The van der Waals surface area contributed by atoms with Gasteiger partial charge in [0, 0.05) is 38.3 Å². The molecule has 1 aliphatic rings. The minimum atomic E-state index is -3.48. The number of rotatable bonds is 5. The maximum absolute atomic E-state index is 13.8. The van der Waals surface area contributed by atoms with Gasteiger partial charge in [0.25, 0.3) is 0 Å². The summed E-state index contributed by atoms with van der Waals surface area (Å²) in [5, 5.41) is 0. The molecular formula is C20H25FN2O2S. The van der Waals surface area contributed by atoms with Crippen LogP contribution in [-0.2, 0) is 16.6 Å². The lowest BCUT2D eigenvalue weighted by atomic mass is 10.0. The van der Waals surface area contributed by atoms with Crippen molar-refractivity contribution in [3.63, 3.8) is 0 Å². The smallest absolute Gasteiger partial charge is 0.243 e. The first-order valence-electron chi connectivity index (χ1n) is 8.94. The minimum Gasteiger partial charge on any atom is -0.296 e. The number of hydrogen-bond acceptors (Lipinski definition) is 3. The fraction of sp³-hybridized carbons (Fsp3) is 0.400. The average Bonchev–Trinajstić information content (AvgIpc) is 2.64. The van der Waals surface area contributed by atoms with Gasteiger partial charge in [0.1, 0.15) is 5.82 Å². The van der Waals surface area contributed by atoms with Crippen molar-refractivity contribution in [1.29, 1.82) is 0 Å². The number of benzene rings is 2. The van der Waals surface area contributed by atoms with Crippen LogP contribution in [0.25, 0.3) is 0 Å². The summed E-state index contributed by atoms with van der Waals surface area (Å²) in [5.74, 6) is 0.154. The molecule has 0 aromatic heterocycles. The highest BCUT2D eigenvalue weighted by atomic mass is 32.2. The zero-order valence-electron chi connectivity index (χ0n) is 15.2. The van der Waals surface area contributed by atoms with Gasteiger partial charge in [-0.25, -0.2) is 12.8 Å². The fourth-order valence-electron chi connectivity index (χ4n) is 3.17. The molecule has 0 unspecified atom stereocenters. The molecule has 2 aromatic carbocycles. The third-order valence-electron chi connectivity index (χ3n) is 4.87. The van der Waals surface area contributed by atoms with Gasteiger partial charge in [-0.05, 0) is 29.7 Å². The molecule has 0 amide bonds. The van der Waals surface area contributed by atoms with Gasteiger partial charge >= 0.3 is 0 Å². The Labute approximate surface area is 155 Å². The Bertz CT molecular complexity index is 842. The molecule has 0 radical (unpaired) electrons. The van der Waals surface area contributed by atoms with Crippen molar-refractivity contribution in [3.8, 4) is 0 Å². The van der Waals surface area contributed by atoms with Crippen LogP contribution in [0.15, 0.2) is 53.4 Å². The molecule has 1 saturated heterocycles. The van der Waals surface area contributed by atoms with Crippen molar-refractivity contribution in [3.05, 3.63) is 65.5 Å². The normalized spacial score (nSPS) is 16.9. The molecule has 1 aliphatic heterocycles. The van der Waals surface area contributed by atoms with E-state index in [0.29, 0.717) is 49.1 Å². The van der Waals surface area contributed by atoms with E-state index in [2.05, 4.69) is 18.7 Å². The summed E-state index contributed by atoms with van der Waals surface area (Å²) in [7, 11) is -3.48. The lowest BCUT2D eigenvalue weighted by Gasteiger charge is -2.34. The predicted octanol–water partition coefficient (Wildman–Crippen LogP) is 3.46. The van der Waals surface area contributed by atoms with Crippen LogP contribution in [-0.4, -0.2) is 43.8 Å². The predicted molar refractivity (Wildman–Crippen MR) is 101 cm³/mol. The zero-order chi connectivity index (χ0) is 18.7. The summed E-state index contributed by atoms with van der Waals surface area (Å²) >= 11 is 0. The molecule has 4 nitrogen and oxygen atoms in total. The highest BCUT2D eigenvalue weighted by Gasteiger charge is 2.28. The monoisotopic (exact) mass is 376 g/mol. The Morgan fingerprint density at radius 2 is 1.58 bits per heavy atom. The van der Waals surface area contributed by atoms with Gasteiger partial charge in [-0.3, -0.25) is 4.90 Å². The fourth-order valence-corrected chi connectivity index (χ4v) is 4.59. The summed E-state index contributed by atoms with van der Waals surface area (Å²) in [6.45, 7) is 6.70. The van der Waals surface area contributed by atoms with E-state index in [1.165, 1.54) is 10.4 Å². The first-order chi connectivity index (χ1) is 12.4. The van der Waals surface area contributed by atoms with Crippen LogP contribution in [0.3, 0.4) is 0 Å². The highest BCUT2D eigenvalue weighted by molar-refractivity contribution is 7.89. The van der Waals surface area contributed by atoms with Gasteiger partial charge in [-0.1, -0.05) is 44.2 Å². The van der Waals surface area contributed by atoms with Crippen LogP contribution >= 0.6 is 0 Å². The summed E-state index contributed by atoms with van der Waals surface area (Å²) in [4.78, 5) is 2.43. The lowest BCUT2D eigenvalue weighted by molar-refractivity contribution is 0.180. The molecule has 3 rings (SSSR count). The number of halogens is 1. The molecule has 1 heterocycles. The van der Waals surface area contributed by atoms with Crippen molar-refractivity contribution in [1.82, 2.24) is 9.21 Å². The maximum atomic E-state index is 13.8. The molecule has 0 N–H and O–H groups in total. The van der Waals surface area contributed by atoms with Crippen LogP contribution in [0, 0.1) is 5.82 Å². The van der Waals surface area contributed by atoms with Crippen LogP contribution in [0.4, 0.5) is 4.39 Å². The summed E-state index contributed by atoms with van der Waals surface area (Å²) in [5.41, 5.74) is 1.77. The molecule has 26 heavy (non-hydrogen) atoms. The standard InChI is InChI=1S/C20H25FN2O2S/c1-16(2)17-7-9-19(10-8-17)26(24,25)23-13-11-22(12-14-23)15-18-5-3-4-6-20(18)21/h3-10,16H,11-15H2,1-2H3. The largest absolute Gasteiger partial charge is 0.296 e. The first kappa shape index (κ1) is 19.0. The van der Waals surface area contributed by atoms with Crippen molar-refractivity contribution in [2.45, 2.75) is 31.2 Å². The number of sulfonamides is 1. The summed E-state index contributed by atoms with van der Waals surface area (Å²) < 4.78 is 41.0. The van der Waals surface area contributed by atoms with Crippen molar-refractivity contribution in [2.24, 2.45) is 0 Å². The van der Waals surface area contributed by atoms with Gasteiger partial charge in [-0.15, -0.1) is 0 Å². The SMILES string of the molecule is CC(C)c1ccc(S(=O)(=O)N2CCN(Cc3ccccc3F)CC2)cc1. The van der Waals surface area contributed by atoms with Gasteiger partial charge in [-0.2, -0.15) is 4.31 Å². The first-order valence-corrected chi connectivity index (χ1v) is 10.4. The molecule has 0 aliphatic carbocycles. The third-order valence-corrected chi connectivity index (χ3v) is 6.78. The highest BCUT2D eigenvalue weighted by Crippen LogP contribution is 2.22. The zero-order valence-corrected chi connectivity index (χ0v) is 16.0. The van der Waals surface area contributed by atoms with Crippen molar-refractivity contribution >= 4 is 10.0 Å². The Morgan fingerprint density at radius 1 is 0.962 bits per heavy atom. The molecule has 0 saturated carbocycles. The Balaban J connectivity index is 1.64. The van der Waals surface area contributed by atoms with E-state index in [9.17, 15) is 12.8 Å². The molecule has 2 aromatic rings. The minimum absolute atomic E-state index is 0.215. The van der Waals surface area contributed by atoms with E-state index in [4.69, 9.17) is 0 Å². The second kappa shape index (κ2) is 7.86. The summed E-state index contributed by atoms with van der Waals surface area (Å²) in [6.07, 6.45) is 0. The Kier molecular flexibility index (Phi) is 5.75. The number of piperazine rings is 1. The second-order valence-corrected chi connectivity index (χ2v) is 8.93. The van der Waals surface area contributed by atoms with Crippen LogP contribution < -0.4 is 0 Å². The van der Waals surface area contributed by atoms with E-state index < -0.39 is 10.0 Å². The van der Waals surface area contributed by atoms with Gasteiger partial charge in [0.15, 0.2) is 0 Å². The van der Waals surface area contributed by atoms with Gasteiger partial charge in [0.05, 0.1) is 4.90 Å². The number of nitrogens with zero attached hydrogens (tertiary/aromatic N) is 2. The van der Waals surface area contributed by atoms with Crippen LogP contribution in [0.2, 0.25) is 0 Å².